The van der Waals surface area contributed by atoms with Gasteiger partial charge in [0, 0.05) is 16.3 Å². The van der Waals surface area contributed by atoms with E-state index in [4.69, 9.17) is 11.6 Å². The minimum absolute atomic E-state index is 0.00568. The molecule has 4 aromatic rings. The SMILES string of the molecule is CCc1ccc(NC(=O)c2nc(-c3cccc(Cl)c3)n(-c3ccc(F)cc3)n2)cc1. The van der Waals surface area contributed by atoms with Crippen molar-refractivity contribution in [2.75, 3.05) is 5.32 Å². The van der Waals surface area contributed by atoms with Crippen molar-refractivity contribution in [1.29, 1.82) is 0 Å². The maximum Gasteiger partial charge on any atom is 0.295 e. The number of hydrogen-bond acceptors (Lipinski definition) is 3. The van der Waals surface area contributed by atoms with Crippen LogP contribution in [0.3, 0.4) is 0 Å². The van der Waals surface area contributed by atoms with Crippen LogP contribution >= 0.6 is 11.6 Å². The summed E-state index contributed by atoms with van der Waals surface area (Å²) in [6.07, 6.45) is 0.918. The third kappa shape index (κ3) is 4.23. The summed E-state index contributed by atoms with van der Waals surface area (Å²) in [5.41, 5.74) is 3.09. The molecule has 0 aliphatic carbocycles. The van der Waals surface area contributed by atoms with Gasteiger partial charge >= 0.3 is 0 Å². The summed E-state index contributed by atoms with van der Waals surface area (Å²) < 4.78 is 14.9. The molecule has 30 heavy (non-hydrogen) atoms. The van der Waals surface area contributed by atoms with Crippen LogP contribution in [0.1, 0.15) is 23.1 Å². The third-order valence-electron chi connectivity index (χ3n) is 4.58. The summed E-state index contributed by atoms with van der Waals surface area (Å²) in [5.74, 6) is -0.385. The van der Waals surface area contributed by atoms with Crippen LogP contribution < -0.4 is 5.32 Å². The highest BCUT2D eigenvalue weighted by molar-refractivity contribution is 6.30. The quantitative estimate of drug-likeness (QED) is 0.461. The number of carbonyl (C=O) groups excluding carboxylic acids is 1. The van der Waals surface area contributed by atoms with Crippen LogP contribution in [0.4, 0.5) is 10.1 Å². The summed E-state index contributed by atoms with van der Waals surface area (Å²) in [6.45, 7) is 2.07. The van der Waals surface area contributed by atoms with Gasteiger partial charge in [-0.15, -0.1) is 5.10 Å². The van der Waals surface area contributed by atoms with Crippen molar-refractivity contribution in [3.63, 3.8) is 0 Å². The third-order valence-corrected chi connectivity index (χ3v) is 4.82. The maximum atomic E-state index is 13.4. The Morgan fingerprint density at radius 2 is 1.80 bits per heavy atom. The lowest BCUT2D eigenvalue weighted by Crippen LogP contribution is -2.14. The molecular weight excluding hydrogens is 403 g/mol. The summed E-state index contributed by atoms with van der Waals surface area (Å²) in [4.78, 5) is 17.2. The molecule has 0 spiro atoms. The highest BCUT2D eigenvalue weighted by Crippen LogP contribution is 2.24. The Balaban J connectivity index is 1.72. The van der Waals surface area contributed by atoms with Crippen LogP contribution in [0.2, 0.25) is 5.02 Å². The molecule has 0 atom stereocenters. The largest absolute Gasteiger partial charge is 0.319 e. The van der Waals surface area contributed by atoms with E-state index in [-0.39, 0.29) is 11.6 Å². The van der Waals surface area contributed by atoms with Gasteiger partial charge in [-0.1, -0.05) is 42.8 Å². The van der Waals surface area contributed by atoms with Crippen LogP contribution in [0.25, 0.3) is 17.1 Å². The zero-order valence-corrected chi connectivity index (χ0v) is 16.9. The van der Waals surface area contributed by atoms with Gasteiger partial charge in [-0.05, 0) is 60.5 Å². The smallest absolute Gasteiger partial charge is 0.295 e. The zero-order chi connectivity index (χ0) is 21.1. The number of rotatable bonds is 5. The average Bonchev–Trinajstić information content (AvgIpc) is 3.20. The molecule has 0 aliphatic heterocycles. The average molecular weight is 421 g/mol. The van der Waals surface area contributed by atoms with Crippen molar-refractivity contribution >= 4 is 23.2 Å². The van der Waals surface area contributed by atoms with E-state index < -0.39 is 5.91 Å². The van der Waals surface area contributed by atoms with E-state index in [1.807, 2.05) is 30.3 Å². The molecule has 0 unspecified atom stereocenters. The van der Waals surface area contributed by atoms with E-state index in [1.54, 1.807) is 30.3 Å². The van der Waals surface area contributed by atoms with E-state index in [1.165, 1.54) is 22.4 Å². The number of nitrogens with zero attached hydrogens (tertiary/aromatic N) is 3. The number of amides is 1. The Morgan fingerprint density at radius 3 is 2.47 bits per heavy atom. The van der Waals surface area contributed by atoms with Crippen LogP contribution in [0, 0.1) is 5.82 Å². The number of carbonyl (C=O) groups is 1. The van der Waals surface area contributed by atoms with Crippen LogP contribution in [-0.2, 0) is 6.42 Å². The number of aromatic nitrogens is 3. The Morgan fingerprint density at radius 1 is 1.07 bits per heavy atom. The molecule has 1 amide bonds. The molecule has 3 aromatic carbocycles. The van der Waals surface area contributed by atoms with E-state index >= 15 is 0 Å². The second-order valence-electron chi connectivity index (χ2n) is 6.66. The molecule has 0 radical (unpaired) electrons. The number of halogens is 2. The van der Waals surface area contributed by atoms with Crippen molar-refractivity contribution in [3.8, 4) is 17.1 Å². The second kappa shape index (κ2) is 8.47. The number of aryl methyl sites for hydroxylation is 1. The van der Waals surface area contributed by atoms with Gasteiger partial charge in [0.25, 0.3) is 5.91 Å². The van der Waals surface area contributed by atoms with Crippen molar-refractivity contribution in [3.05, 3.63) is 95.0 Å². The molecule has 0 fully saturated rings. The fraction of sp³-hybridized carbons (Fsp3) is 0.0870. The van der Waals surface area contributed by atoms with Crippen molar-refractivity contribution in [2.24, 2.45) is 0 Å². The molecule has 0 saturated heterocycles. The number of benzene rings is 3. The molecule has 0 aliphatic rings. The topological polar surface area (TPSA) is 59.8 Å². The van der Waals surface area contributed by atoms with E-state index in [9.17, 15) is 9.18 Å². The fourth-order valence-electron chi connectivity index (χ4n) is 3.00. The molecule has 150 valence electrons. The first-order chi connectivity index (χ1) is 14.5. The monoisotopic (exact) mass is 420 g/mol. The lowest BCUT2D eigenvalue weighted by atomic mass is 10.1. The molecule has 5 nitrogen and oxygen atoms in total. The van der Waals surface area contributed by atoms with Gasteiger partial charge in [0.15, 0.2) is 5.82 Å². The van der Waals surface area contributed by atoms with Crippen LogP contribution in [0.5, 0.6) is 0 Å². The normalized spacial score (nSPS) is 10.8. The number of anilines is 1. The van der Waals surface area contributed by atoms with Crippen molar-refractivity contribution < 1.29 is 9.18 Å². The van der Waals surface area contributed by atoms with Gasteiger partial charge in [0.2, 0.25) is 5.82 Å². The maximum absolute atomic E-state index is 13.4. The van der Waals surface area contributed by atoms with E-state index in [0.29, 0.717) is 27.8 Å². The number of hydrogen-bond donors (Lipinski definition) is 1. The summed E-state index contributed by atoms with van der Waals surface area (Å²) in [5, 5.41) is 7.71. The summed E-state index contributed by atoms with van der Waals surface area (Å²) in [6, 6.07) is 20.5. The standard InChI is InChI=1S/C23H18ClFN4O/c1-2-15-6-10-19(11-7-15)26-23(30)21-27-22(16-4-3-5-17(24)14-16)29(28-21)20-12-8-18(25)9-13-20/h3-14H,2H2,1H3,(H,26,30). The fourth-order valence-corrected chi connectivity index (χ4v) is 3.19. The predicted molar refractivity (Wildman–Crippen MR) is 116 cm³/mol. The highest BCUT2D eigenvalue weighted by atomic mass is 35.5. The minimum atomic E-state index is -0.441. The molecule has 7 heteroatoms. The second-order valence-corrected chi connectivity index (χ2v) is 7.10. The lowest BCUT2D eigenvalue weighted by Gasteiger charge is -2.06. The van der Waals surface area contributed by atoms with Crippen molar-refractivity contribution in [1.82, 2.24) is 14.8 Å². The molecule has 0 bridgehead atoms. The molecular formula is C23H18ClFN4O. The van der Waals surface area contributed by atoms with E-state index in [2.05, 4.69) is 22.3 Å². The van der Waals surface area contributed by atoms with Crippen LogP contribution in [-0.4, -0.2) is 20.7 Å². The Bertz CT molecular complexity index is 1190. The van der Waals surface area contributed by atoms with Gasteiger partial charge in [-0.3, -0.25) is 4.79 Å². The van der Waals surface area contributed by atoms with Gasteiger partial charge in [-0.2, -0.15) is 0 Å². The molecule has 0 saturated carbocycles. The molecule has 1 heterocycles. The Labute approximate surface area is 178 Å². The summed E-state index contributed by atoms with van der Waals surface area (Å²) >= 11 is 6.13. The lowest BCUT2D eigenvalue weighted by molar-refractivity contribution is 0.101. The van der Waals surface area contributed by atoms with Crippen molar-refractivity contribution in [2.45, 2.75) is 13.3 Å². The summed E-state index contributed by atoms with van der Waals surface area (Å²) in [7, 11) is 0. The first kappa shape index (κ1) is 19.8. The molecule has 1 aromatic heterocycles. The van der Waals surface area contributed by atoms with Gasteiger partial charge < -0.3 is 5.32 Å². The highest BCUT2D eigenvalue weighted by Gasteiger charge is 2.19. The molecule has 4 rings (SSSR count). The van der Waals surface area contributed by atoms with Gasteiger partial charge in [0.05, 0.1) is 5.69 Å². The zero-order valence-electron chi connectivity index (χ0n) is 16.1. The first-order valence-corrected chi connectivity index (χ1v) is 9.80. The Kier molecular flexibility index (Phi) is 5.59. The predicted octanol–water partition coefficient (Wildman–Crippen LogP) is 5.54. The van der Waals surface area contributed by atoms with E-state index in [0.717, 1.165) is 6.42 Å². The van der Waals surface area contributed by atoms with Crippen LogP contribution in [0.15, 0.2) is 72.8 Å². The number of nitrogens with one attached hydrogen (secondary N) is 1. The van der Waals surface area contributed by atoms with Gasteiger partial charge in [0.1, 0.15) is 5.82 Å². The first-order valence-electron chi connectivity index (χ1n) is 9.42. The van der Waals surface area contributed by atoms with Gasteiger partial charge in [-0.25, -0.2) is 14.1 Å². The minimum Gasteiger partial charge on any atom is -0.319 e. The Hall–Kier alpha value is -3.51. The molecule has 1 N–H and O–H groups in total.